The van der Waals surface area contributed by atoms with Crippen molar-refractivity contribution in [3.8, 4) is 5.75 Å². The van der Waals surface area contributed by atoms with Crippen LogP contribution in [0.2, 0.25) is 0 Å². The van der Waals surface area contributed by atoms with Gasteiger partial charge in [0.2, 0.25) is 5.91 Å². The monoisotopic (exact) mass is 305 g/mol. The third-order valence-corrected chi connectivity index (χ3v) is 3.70. The highest BCUT2D eigenvalue weighted by Crippen LogP contribution is 2.18. The quantitative estimate of drug-likeness (QED) is 0.724. The summed E-state index contributed by atoms with van der Waals surface area (Å²) in [6.45, 7) is 9.78. The minimum absolute atomic E-state index is 0.0107. The number of carbonyl (C=O) groups excluding carboxylic acids is 2. The molecule has 0 spiro atoms. The van der Waals surface area contributed by atoms with Crippen molar-refractivity contribution in [3.05, 3.63) is 29.8 Å². The van der Waals surface area contributed by atoms with E-state index >= 15 is 0 Å². The van der Waals surface area contributed by atoms with Gasteiger partial charge in [-0.05, 0) is 52.0 Å². The van der Waals surface area contributed by atoms with Gasteiger partial charge in [-0.2, -0.15) is 0 Å². The highest BCUT2D eigenvalue weighted by Gasteiger charge is 2.25. The van der Waals surface area contributed by atoms with Crippen LogP contribution in [-0.4, -0.2) is 35.8 Å². The molecule has 4 heteroatoms. The molecule has 0 aliphatic rings. The number of benzene rings is 1. The van der Waals surface area contributed by atoms with Gasteiger partial charge in [-0.25, -0.2) is 0 Å². The number of hydrogen-bond donors (Lipinski definition) is 0. The van der Waals surface area contributed by atoms with E-state index in [4.69, 9.17) is 4.74 Å². The van der Waals surface area contributed by atoms with Gasteiger partial charge in [0.1, 0.15) is 5.75 Å². The first-order valence-electron chi connectivity index (χ1n) is 7.77. The van der Waals surface area contributed by atoms with Gasteiger partial charge in [-0.15, -0.1) is 0 Å². The average Bonchev–Trinajstić information content (AvgIpc) is 2.45. The van der Waals surface area contributed by atoms with Gasteiger partial charge in [-0.1, -0.05) is 6.92 Å². The molecule has 22 heavy (non-hydrogen) atoms. The molecule has 1 unspecified atom stereocenters. The van der Waals surface area contributed by atoms with Crippen LogP contribution >= 0.6 is 0 Å². The average molecular weight is 305 g/mol. The molecule has 1 aromatic carbocycles. The highest BCUT2D eigenvalue weighted by molar-refractivity contribution is 5.99. The Morgan fingerprint density at radius 1 is 1.00 bits per heavy atom. The predicted molar refractivity (Wildman–Crippen MR) is 88.2 cm³/mol. The fraction of sp³-hybridized carbons (Fsp3) is 0.556. The summed E-state index contributed by atoms with van der Waals surface area (Å²) in [6, 6.07) is 7.27. The Hall–Kier alpha value is -1.84. The lowest BCUT2D eigenvalue weighted by Gasteiger charge is -2.31. The van der Waals surface area contributed by atoms with Gasteiger partial charge < -0.3 is 9.64 Å². The molecular formula is C18H27NO3. The standard InChI is InChI=1S/C18H27NO3/c1-12(2)19(13(3)4)17(20)11-14(5)18(21)15-7-9-16(22-6)10-8-15/h7-10,12-14H,11H2,1-6H3. The number of ketones is 1. The van der Waals surface area contributed by atoms with Crippen molar-refractivity contribution in [2.75, 3.05) is 7.11 Å². The van der Waals surface area contributed by atoms with Crippen LogP contribution in [0.5, 0.6) is 5.75 Å². The van der Waals surface area contributed by atoms with E-state index in [1.54, 1.807) is 31.4 Å². The Morgan fingerprint density at radius 3 is 1.91 bits per heavy atom. The van der Waals surface area contributed by atoms with E-state index in [0.29, 0.717) is 11.3 Å². The van der Waals surface area contributed by atoms with Gasteiger partial charge in [-0.3, -0.25) is 9.59 Å². The second kappa shape index (κ2) is 7.97. The third kappa shape index (κ3) is 4.58. The maximum Gasteiger partial charge on any atom is 0.223 e. The smallest absolute Gasteiger partial charge is 0.223 e. The maximum atomic E-state index is 12.4. The topological polar surface area (TPSA) is 46.6 Å². The Bertz CT molecular complexity index is 498. The Balaban J connectivity index is 2.76. The first-order chi connectivity index (χ1) is 10.3. The number of carbonyl (C=O) groups is 2. The van der Waals surface area contributed by atoms with Crippen molar-refractivity contribution < 1.29 is 14.3 Å². The Morgan fingerprint density at radius 2 is 1.50 bits per heavy atom. The number of ether oxygens (including phenoxy) is 1. The number of methoxy groups -OCH3 is 1. The van der Waals surface area contributed by atoms with Crippen molar-refractivity contribution in [1.82, 2.24) is 4.90 Å². The lowest BCUT2D eigenvalue weighted by Crippen LogP contribution is -2.43. The molecule has 0 aliphatic carbocycles. The number of amides is 1. The summed E-state index contributed by atoms with van der Waals surface area (Å²) >= 11 is 0. The van der Waals surface area contributed by atoms with Gasteiger partial charge >= 0.3 is 0 Å². The van der Waals surface area contributed by atoms with Crippen LogP contribution in [-0.2, 0) is 4.79 Å². The van der Waals surface area contributed by atoms with Crippen molar-refractivity contribution in [3.63, 3.8) is 0 Å². The van der Waals surface area contributed by atoms with Crippen LogP contribution in [0, 0.1) is 5.92 Å². The van der Waals surface area contributed by atoms with Crippen molar-refractivity contribution in [2.45, 2.75) is 53.1 Å². The molecule has 0 heterocycles. The summed E-state index contributed by atoms with van der Waals surface area (Å²) in [6.07, 6.45) is 0.237. The molecule has 0 aliphatic heterocycles. The van der Waals surface area contributed by atoms with E-state index in [1.807, 2.05) is 39.5 Å². The van der Waals surface area contributed by atoms with E-state index in [-0.39, 0.29) is 36.1 Å². The molecule has 0 saturated carbocycles. The van der Waals surface area contributed by atoms with Crippen LogP contribution in [0.1, 0.15) is 51.4 Å². The third-order valence-electron chi connectivity index (χ3n) is 3.70. The van der Waals surface area contributed by atoms with Crippen LogP contribution in [0.15, 0.2) is 24.3 Å². The molecule has 0 radical (unpaired) electrons. The number of Topliss-reactive ketones (excluding diaryl/α,β-unsaturated/α-hetero) is 1. The first-order valence-corrected chi connectivity index (χ1v) is 7.77. The number of nitrogens with zero attached hydrogens (tertiary/aromatic N) is 1. The van der Waals surface area contributed by atoms with E-state index < -0.39 is 0 Å². The van der Waals surface area contributed by atoms with E-state index in [1.165, 1.54) is 0 Å². The van der Waals surface area contributed by atoms with E-state index in [0.717, 1.165) is 0 Å². The highest BCUT2D eigenvalue weighted by atomic mass is 16.5. The molecule has 0 aromatic heterocycles. The molecule has 0 N–H and O–H groups in total. The summed E-state index contributed by atoms with van der Waals surface area (Å²) in [5.41, 5.74) is 0.613. The molecule has 0 bridgehead atoms. The molecule has 0 fully saturated rings. The summed E-state index contributed by atoms with van der Waals surface area (Å²) in [5.74, 6) is 0.398. The lowest BCUT2D eigenvalue weighted by atomic mass is 9.95. The molecule has 0 saturated heterocycles. The number of rotatable bonds is 7. The molecule has 1 aromatic rings. The summed E-state index contributed by atoms with van der Waals surface area (Å²) in [7, 11) is 1.59. The van der Waals surface area contributed by atoms with Gasteiger partial charge in [0.25, 0.3) is 0 Å². The Kier molecular flexibility index (Phi) is 6.60. The summed E-state index contributed by atoms with van der Waals surface area (Å²) in [4.78, 5) is 26.7. The molecular weight excluding hydrogens is 278 g/mol. The van der Waals surface area contributed by atoms with Crippen LogP contribution in [0.25, 0.3) is 0 Å². The van der Waals surface area contributed by atoms with Crippen LogP contribution < -0.4 is 4.74 Å². The van der Waals surface area contributed by atoms with Crippen LogP contribution in [0.4, 0.5) is 0 Å². The maximum absolute atomic E-state index is 12.4. The minimum atomic E-state index is -0.333. The second-order valence-electron chi connectivity index (χ2n) is 6.19. The fourth-order valence-corrected chi connectivity index (χ4v) is 2.67. The fourth-order valence-electron chi connectivity index (χ4n) is 2.67. The number of hydrogen-bond acceptors (Lipinski definition) is 3. The van der Waals surface area contributed by atoms with Crippen molar-refractivity contribution in [2.24, 2.45) is 5.92 Å². The predicted octanol–water partition coefficient (Wildman–Crippen LogP) is 3.55. The molecule has 4 nitrogen and oxygen atoms in total. The Labute approximate surface area is 133 Å². The molecule has 122 valence electrons. The molecule has 1 atom stereocenters. The SMILES string of the molecule is COc1ccc(C(=O)C(C)CC(=O)N(C(C)C)C(C)C)cc1. The minimum Gasteiger partial charge on any atom is -0.497 e. The first kappa shape index (κ1) is 18.2. The molecule has 1 amide bonds. The van der Waals surface area contributed by atoms with Crippen LogP contribution in [0.3, 0.4) is 0 Å². The largest absolute Gasteiger partial charge is 0.497 e. The van der Waals surface area contributed by atoms with Gasteiger partial charge in [0.15, 0.2) is 5.78 Å². The summed E-state index contributed by atoms with van der Waals surface area (Å²) in [5, 5.41) is 0. The van der Waals surface area contributed by atoms with Gasteiger partial charge in [0, 0.05) is 30.0 Å². The van der Waals surface area contributed by atoms with E-state index in [2.05, 4.69) is 0 Å². The summed E-state index contributed by atoms with van der Waals surface area (Å²) < 4.78 is 5.09. The van der Waals surface area contributed by atoms with Crippen molar-refractivity contribution in [1.29, 1.82) is 0 Å². The normalized spacial score (nSPS) is 12.4. The zero-order chi connectivity index (χ0) is 16.9. The second-order valence-corrected chi connectivity index (χ2v) is 6.19. The van der Waals surface area contributed by atoms with Crippen molar-refractivity contribution >= 4 is 11.7 Å². The van der Waals surface area contributed by atoms with Gasteiger partial charge in [0.05, 0.1) is 7.11 Å². The lowest BCUT2D eigenvalue weighted by molar-refractivity contribution is -0.135. The van der Waals surface area contributed by atoms with E-state index in [9.17, 15) is 9.59 Å². The molecule has 1 rings (SSSR count). The zero-order valence-electron chi connectivity index (χ0n) is 14.4. The zero-order valence-corrected chi connectivity index (χ0v) is 14.4.